The van der Waals surface area contributed by atoms with Crippen molar-refractivity contribution in [1.29, 1.82) is 0 Å². The molecule has 0 spiro atoms. The van der Waals surface area contributed by atoms with Gasteiger partial charge in [0.25, 0.3) is 0 Å². The van der Waals surface area contributed by atoms with E-state index < -0.39 is 0 Å². The van der Waals surface area contributed by atoms with Gasteiger partial charge >= 0.3 is 0 Å². The molecule has 1 amide bonds. The second kappa shape index (κ2) is 6.87. The number of fused-ring (bicyclic) bond motifs is 1. The summed E-state index contributed by atoms with van der Waals surface area (Å²) in [7, 11) is 3.89. The molecular formula is C20H23N3O. The highest BCUT2D eigenvalue weighted by atomic mass is 16.2. The molecule has 0 bridgehead atoms. The first kappa shape index (κ1) is 16.2. The summed E-state index contributed by atoms with van der Waals surface area (Å²) in [6.07, 6.45) is 5.03. The predicted octanol–water partition coefficient (Wildman–Crippen LogP) is 3.21. The van der Waals surface area contributed by atoms with Crippen molar-refractivity contribution < 1.29 is 4.79 Å². The summed E-state index contributed by atoms with van der Waals surface area (Å²) in [4.78, 5) is 18.9. The lowest BCUT2D eigenvalue weighted by molar-refractivity contribution is -0.130. The lowest BCUT2D eigenvalue weighted by atomic mass is 10.1. The largest absolute Gasteiger partial charge is 0.350 e. The number of rotatable bonds is 5. The van der Waals surface area contributed by atoms with Crippen molar-refractivity contribution in [1.82, 2.24) is 14.5 Å². The number of hydrogen-bond acceptors (Lipinski definition) is 2. The maximum Gasteiger partial charge on any atom is 0.227 e. The van der Waals surface area contributed by atoms with E-state index in [1.54, 1.807) is 6.20 Å². The Labute approximate surface area is 142 Å². The zero-order chi connectivity index (χ0) is 17.1. The fraction of sp³-hybridized carbons (Fsp3) is 0.300. The van der Waals surface area contributed by atoms with Crippen LogP contribution in [0.25, 0.3) is 10.9 Å². The second-order valence-electron chi connectivity index (χ2n) is 6.34. The average Bonchev–Trinajstić information content (AvgIpc) is 2.91. The number of hydrogen-bond donors (Lipinski definition) is 0. The van der Waals surface area contributed by atoms with E-state index >= 15 is 0 Å². The van der Waals surface area contributed by atoms with Crippen molar-refractivity contribution >= 4 is 16.8 Å². The fourth-order valence-electron chi connectivity index (χ4n) is 3.06. The number of amides is 1. The summed E-state index contributed by atoms with van der Waals surface area (Å²) in [5, 5.41) is 1.15. The van der Waals surface area contributed by atoms with Crippen LogP contribution in [0.1, 0.15) is 18.2 Å². The molecule has 0 aliphatic heterocycles. The first-order chi connectivity index (χ1) is 11.6. The van der Waals surface area contributed by atoms with Crippen LogP contribution in [0.3, 0.4) is 0 Å². The topological polar surface area (TPSA) is 38.1 Å². The van der Waals surface area contributed by atoms with Gasteiger partial charge in [-0.25, -0.2) is 0 Å². The number of carbonyl (C=O) groups is 1. The van der Waals surface area contributed by atoms with Crippen LogP contribution in [0.2, 0.25) is 0 Å². The molecule has 0 unspecified atom stereocenters. The van der Waals surface area contributed by atoms with Crippen LogP contribution < -0.4 is 0 Å². The van der Waals surface area contributed by atoms with E-state index in [0.717, 1.165) is 28.6 Å². The molecule has 4 nitrogen and oxygen atoms in total. The van der Waals surface area contributed by atoms with Crippen LogP contribution in [0.5, 0.6) is 0 Å². The Morgan fingerprint density at radius 1 is 1.21 bits per heavy atom. The molecule has 0 N–H and O–H groups in total. The van der Waals surface area contributed by atoms with E-state index in [4.69, 9.17) is 0 Å². The maximum atomic E-state index is 12.7. The Morgan fingerprint density at radius 2 is 1.96 bits per heavy atom. The molecule has 124 valence electrons. The Bertz CT molecular complexity index is 838. The van der Waals surface area contributed by atoms with Crippen LogP contribution in [0.15, 0.2) is 54.9 Å². The Hall–Kier alpha value is -2.62. The average molecular weight is 321 g/mol. The molecule has 2 aromatic heterocycles. The second-order valence-corrected chi connectivity index (χ2v) is 6.34. The monoisotopic (exact) mass is 321 g/mol. The molecule has 2 heterocycles. The normalized spacial score (nSPS) is 12.3. The van der Waals surface area contributed by atoms with Crippen LogP contribution in [0, 0.1) is 0 Å². The number of para-hydroxylation sites is 1. The SMILES string of the molecule is C[C@@H](Cc1ccccn1)N(C)C(=O)Cc1cn(C)c2ccccc12. The molecule has 0 fully saturated rings. The standard InChI is InChI=1S/C20H23N3O/c1-15(12-17-8-6-7-11-21-17)23(3)20(24)13-16-14-22(2)19-10-5-4-9-18(16)19/h4-11,14-15H,12-13H2,1-3H3/t15-/m0/s1. The Balaban J connectivity index is 1.71. The number of aryl methyl sites for hydroxylation is 1. The van der Waals surface area contributed by atoms with E-state index in [1.165, 1.54) is 0 Å². The molecule has 0 saturated carbocycles. The molecule has 3 aromatic rings. The summed E-state index contributed by atoms with van der Waals surface area (Å²) in [5.74, 6) is 0.134. The molecule has 3 rings (SSSR count). The van der Waals surface area contributed by atoms with Crippen LogP contribution in [-0.2, 0) is 24.7 Å². The van der Waals surface area contributed by atoms with Crippen LogP contribution in [0.4, 0.5) is 0 Å². The number of carbonyl (C=O) groups excluding carboxylic acids is 1. The minimum Gasteiger partial charge on any atom is -0.350 e. The highest BCUT2D eigenvalue weighted by Crippen LogP contribution is 2.21. The third-order valence-corrected chi connectivity index (χ3v) is 4.61. The van der Waals surface area contributed by atoms with Gasteiger partial charge in [-0.2, -0.15) is 0 Å². The number of aromatic nitrogens is 2. The van der Waals surface area contributed by atoms with E-state index in [2.05, 4.69) is 34.8 Å². The van der Waals surface area contributed by atoms with E-state index in [0.29, 0.717) is 6.42 Å². The van der Waals surface area contributed by atoms with Gasteiger partial charge in [0.05, 0.1) is 6.42 Å². The van der Waals surface area contributed by atoms with Crippen molar-refractivity contribution in [2.45, 2.75) is 25.8 Å². The smallest absolute Gasteiger partial charge is 0.227 e. The minimum absolute atomic E-state index is 0.113. The Morgan fingerprint density at radius 3 is 2.71 bits per heavy atom. The number of likely N-dealkylation sites (N-methyl/N-ethyl adjacent to an activating group) is 1. The van der Waals surface area contributed by atoms with Gasteiger partial charge in [0.15, 0.2) is 0 Å². The Kier molecular flexibility index (Phi) is 4.65. The zero-order valence-electron chi connectivity index (χ0n) is 14.4. The van der Waals surface area contributed by atoms with Gasteiger partial charge in [0.2, 0.25) is 5.91 Å². The molecule has 0 saturated heterocycles. The van der Waals surface area contributed by atoms with E-state index in [1.807, 2.05) is 49.3 Å². The lowest BCUT2D eigenvalue weighted by Gasteiger charge is -2.24. The third-order valence-electron chi connectivity index (χ3n) is 4.61. The summed E-state index contributed by atoms with van der Waals surface area (Å²) in [6.45, 7) is 2.07. The summed E-state index contributed by atoms with van der Waals surface area (Å²) >= 11 is 0. The van der Waals surface area contributed by atoms with Crippen molar-refractivity contribution in [3.63, 3.8) is 0 Å². The summed E-state index contributed by atoms with van der Waals surface area (Å²) in [5.41, 5.74) is 3.24. The number of benzene rings is 1. The van der Waals surface area contributed by atoms with Gasteiger partial charge in [0, 0.05) is 55.5 Å². The molecule has 0 aliphatic carbocycles. The first-order valence-electron chi connectivity index (χ1n) is 8.24. The zero-order valence-corrected chi connectivity index (χ0v) is 14.4. The van der Waals surface area contributed by atoms with Crippen LogP contribution >= 0.6 is 0 Å². The quantitative estimate of drug-likeness (QED) is 0.724. The van der Waals surface area contributed by atoms with Gasteiger partial charge < -0.3 is 9.47 Å². The van der Waals surface area contributed by atoms with Crippen LogP contribution in [-0.4, -0.2) is 33.4 Å². The molecule has 4 heteroatoms. The fourth-order valence-corrected chi connectivity index (χ4v) is 3.06. The molecule has 24 heavy (non-hydrogen) atoms. The summed E-state index contributed by atoms with van der Waals surface area (Å²) in [6, 6.07) is 14.2. The number of pyridine rings is 1. The molecule has 0 radical (unpaired) electrons. The molecule has 1 atom stereocenters. The van der Waals surface area contributed by atoms with E-state index in [-0.39, 0.29) is 11.9 Å². The van der Waals surface area contributed by atoms with Crippen molar-refractivity contribution in [3.8, 4) is 0 Å². The molecule has 1 aromatic carbocycles. The highest BCUT2D eigenvalue weighted by Gasteiger charge is 2.18. The third kappa shape index (κ3) is 3.32. The first-order valence-corrected chi connectivity index (χ1v) is 8.24. The number of nitrogens with zero attached hydrogens (tertiary/aromatic N) is 3. The lowest BCUT2D eigenvalue weighted by Crippen LogP contribution is -2.37. The van der Waals surface area contributed by atoms with Gasteiger partial charge in [-0.15, -0.1) is 0 Å². The minimum atomic E-state index is 0.113. The highest BCUT2D eigenvalue weighted by molar-refractivity contribution is 5.89. The predicted molar refractivity (Wildman–Crippen MR) is 96.8 cm³/mol. The van der Waals surface area contributed by atoms with Crippen molar-refractivity contribution in [3.05, 3.63) is 66.1 Å². The van der Waals surface area contributed by atoms with Gasteiger partial charge in [-0.3, -0.25) is 9.78 Å². The maximum absolute atomic E-state index is 12.7. The van der Waals surface area contributed by atoms with Gasteiger partial charge in [-0.1, -0.05) is 24.3 Å². The summed E-state index contributed by atoms with van der Waals surface area (Å²) < 4.78 is 2.08. The van der Waals surface area contributed by atoms with E-state index in [9.17, 15) is 4.79 Å². The molecule has 0 aliphatic rings. The van der Waals surface area contributed by atoms with Crippen molar-refractivity contribution in [2.75, 3.05) is 7.05 Å². The van der Waals surface area contributed by atoms with Gasteiger partial charge in [0.1, 0.15) is 0 Å². The van der Waals surface area contributed by atoms with Gasteiger partial charge in [-0.05, 0) is 30.7 Å². The molecular weight excluding hydrogens is 298 g/mol. The van der Waals surface area contributed by atoms with Crippen molar-refractivity contribution in [2.24, 2.45) is 7.05 Å².